The van der Waals surface area contributed by atoms with Gasteiger partial charge in [0.15, 0.2) is 0 Å². The fraction of sp³-hybridized carbons (Fsp3) is 0.250. The number of anilines is 1. The summed E-state index contributed by atoms with van der Waals surface area (Å²) in [5.41, 5.74) is 2.16. The molecular formula is C20H19BrN2O3S. The highest BCUT2D eigenvalue weighted by molar-refractivity contribution is 9.10. The zero-order valence-corrected chi connectivity index (χ0v) is 17.3. The van der Waals surface area contributed by atoms with E-state index < -0.39 is 10.0 Å². The maximum atomic E-state index is 13.3. The molecule has 1 saturated heterocycles. The highest BCUT2D eigenvalue weighted by Gasteiger charge is 2.27. The van der Waals surface area contributed by atoms with Gasteiger partial charge >= 0.3 is 0 Å². The molecule has 1 fully saturated rings. The second-order valence-electron chi connectivity index (χ2n) is 6.77. The number of para-hydroxylation sites is 1. The van der Waals surface area contributed by atoms with Crippen LogP contribution in [-0.4, -0.2) is 24.8 Å². The van der Waals surface area contributed by atoms with Gasteiger partial charge in [0.1, 0.15) is 0 Å². The summed E-state index contributed by atoms with van der Waals surface area (Å²) in [6.45, 7) is 2.52. The number of carbonyl (C=O) groups is 1. The number of aryl methyl sites for hydroxylation is 1. The van der Waals surface area contributed by atoms with Crippen LogP contribution >= 0.6 is 15.9 Å². The van der Waals surface area contributed by atoms with Crippen molar-refractivity contribution in [3.8, 4) is 0 Å². The number of piperidine rings is 1. The molecular weight excluding hydrogens is 428 g/mol. The van der Waals surface area contributed by atoms with Gasteiger partial charge in [-0.1, -0.05) is 29.8 Å². The number of hydrogen-bond acceptors (Lipinski definition) is 3. The van der Waals surface area contributed by atoms with Crippen LogP contribution in [0.1, 0.15) is 24.8 Å². The minimum atomic E-state index is -3.79. The van der Waals surface area contributed by atoms with Crippen molar-refractivity contribution in [2.24, 2.45) is 0 Å². The maximum absolute atomic E-state index is 13.3. The van der Waals surface area contributed by atoms with E-state index in [-0.39, 0.29) is 10.8 Å². The molecule has 0 spiro atoms. The number of nitrogens with zero attached hydrogens (tertiary/aromatic N) is 2. The standard InChI is InChI=1S/C20H19BrN2O3S/c1-14-8-10-15(11-9-14)27(25,26)23-13-17(21)16-5-4-6-18(20(16)23)22-12-3-2-7-19(22)24/h4-6,8-11,13H,2-3,7,12H2,1H3. The van der Waals surface area contributed by atoms with E-state index in [9.17, 15) is 13.2 Å². The topological polar surface area (TPSA) is 59.4 Å². The predicted molar refractivity (Wildman–Crippen MR) is 110 cm³/mol. The van der Waals surface area contributed by atoms with Crippen molar-refractivity contribution in [2.45, 2.75) is 31.1 Å². The summed E-state index contributed by atoms with van der Waals surface area (Å²) in [5, 5.41) is 0.765. The third-order valence-corrected chi connectivity index (χ3v) is 7.22. The lowest BCUT2D eigenvalue weighted by atomic mass is 10.1. The minimum absolute atomic E-state index is 0.0327. The van der Waals surface area contributed by atoms with E-state index in [0.29, 0.717) is 28.6 Å². The third-order valence-electron chi connectivity index (χ3n) is 4.92. The van der Waals surface area contributed by atoms with E-state index in [1.165, 1.54) is 3.97 Å². The lowest BCUT2D eigenvalue weighted by molar-refractivity contribution is -0.119. The highest BCUT2D eigenvalue weighted by atomic mass is 79.9. The molecule has 2 aromatic carbocycles. The van der Waals surface area contributed by atoms with Gasteiger partial charge in [-0.15, -0.1) is 0 Å². The van der Waals surface area contributed by atoms with Crippen LogP contribution in [-0.2, 0) is 14.8 Å². The second kappa shape index (κ2) is 6.80. The number of rotatable bonds is 3. The normalized spacial score (nSPS) is 15.5. The largest absolute Gasteiger partial charge is 0.310 e. The molecule has 0 N–H and O–H groups in total. The van der Waals surface area contributed by atoms with Crippen LogP contribution < -0.4 is 4.90 Å². The number of hydrogen-bond donors (Lipinski definition) is 0. The first kappa shape index (κ1) is 18.3. The van der Waals surface area contributed by atoms with Crippen LogP contribution in [0.3, 0.4) is 0 Å². The first-order chi connectivity index (χ1) is 12.9. The summed E-state index contributed by atoms with van der Waals surface area (Å²) in [6, 6.07) is 12.3. The molecule has 0 bridgehead atoms. The fourth-order valence-electron chi connectivity index (χ4n) is 3.48. The molecule has 1 aromatic heterocycles. The van der Waals surface area contributed by atoms with E-state index >= 15 is 0 Å². The molecule has 0 saturated carbocycles. The highest BCUT2D eigenvalue weighted by Crippen LogP contribution is 2.37. The van der Waals surface area contributed by atoms with E-state index in [1.54, 1.807) is 35.4 Å². The van der Waals surface area contributed by atoms with Crippen molar-refractivity contribution < 1.29 is 13.2 Å². The van der Waals surface area contributed by atoms with Crippen LogP contribution in [0.5, 0.6) is 0 Å². The van der Waals surface area contributed by atoms with Gasteiger partial charge in [0.2, 0.25) is 5.91 Å². The maximum Gasteiger partial charge on any atom is 0.268 e. The van der Waals surface area contributed by atoms with Crippen molar-refractivity contribution in [1.82, 2.24) is 3.97 Å². The number of aromatic nitrogens is 1. The Balaban J connectivity index is 1.96. The molecule has 5 nitrogen and oxygen atoms in total. The monoisotopic (exact) mass is 446 g/mol. The van der Waals surface area contributed by atoms with Gasteiger partial charge in [0.25, 0.3) is 10.0 Å². The Kier molecular flexibility index (Phi) is 4.60. The van der Waals surface area contributed by atoms with Crippen LogP contribution in [0.25, 0.3) is 10.9 Å². The molecule has 0 unspecified atom stereocenters. The third kappa shape index (κ3) is 3.08. The molecule has 1 amide bonds. The summed E-state index contributed by atoms with van der Waals surface area (Å²) in [5.74, 6) is 0.0327. The van der Waals surface area contributed by atoms with E-state index in [1.807, 2.05) is 25.1 Å². The number of benzene rings is 2. The Bertz CT molecular complexity index is 1130. The van der Waals surface area contributed by atoms with Gasteiger partial charge in [-0.2, -0.15) is 0 Å². The Morgan fingerprint density at radius 1 is 1.04 bits per heavy atom. The molecule has 4 rings (SSSR count). The van der Waals surface area contributed by atoms with Crippen molar-refractivity contribution >= 4 is 48.5 Å². The van der Waals surface area contributed by atoms with Gasteiger partial charge in [-0.3, -0.25) is 4.79 Å². The molecule has 27 heavy (non-hydrogen) atoms. The summed E-state index contributed by atoms with van der Waals surface area (Å²) in [4.78, 5) is 14.4. The summed E-state index contributed by atoms with van der Waals surface area (Å²) in [6.07, 6.45) is 3.84. The first-order valence-electron chi connectivity index (χ1n) is 8.82. The number of carbonyl (C=O) groups excluding carboxylic acids is 1. The Labute approximate surface area is 166 Å². The Hall–Kier alpha value is -2.12. The quantitative estimate of drug-likeness (QED) is 0.596. The summed E-state index contributed by atoms with van der Waals surface area (Å²) < 4.78 is 28.6. The second-order valence-corrected chi connectivity index (χ2v) is 9.44. The molecule has 0 aliphatic carbocycles. The molecule has 0 atom stereocenters. The van der Waals surface area contributed by atoms with Crippen LogP contribution in [0.4, 0.5) is 5.69 Å². The van der Waals surface area contributed by atoms with Crippen molar-refractivity contribution in [3.05, 3.63) is 58.7 Å². The molecule has 7 heteroatoms. The van der Waals surface area contributed by atoms with Gasteiger partial charge in [0.05, 0.1) is 16.1 Å². The zero-order valence-electron chi connectivity index (χ0n) is 14.9. The van der Waals surface area contributed by atoms with Gasteiger partial charge in [0, 0.05) is 29.0 Å². The number of amides is 1. The molecule has 0 radical (unpaired) electrons. The number of halogens is 1. The lowest BCUT2D eigenvalue weighted by Crippen LogP contribution is -2.35. The van der Waals surface area contributed by atoms with Crippen LogP contribution in [0.2, 0.25) is 0 Å². The predicted octanol–water partition coefficient (Wildman–Crippen LogP) is 4.47. The average molecular weight is 447 g/mol. The fourth-order valence-corrected chi connectivity index (χ4v) is 5.53. The molecule has 2 heterocycles. The van der Waals surface area contributed by atoms with E-state index in [2.05, 4.69) is 15.9 Å². The van der Waals surface area contributed by atoms with Gasteiger partial charge in [-0.05, 0) is 53.9 Å². The molecule has 1 aliphatic heterocycles. The lowest BCUT2D eigenvalue weighted by Gasteiger charge is -2.28. The van der Waals surface area contributed by atoms with E-state index in [0.717, 1.165) is 23.8 Å². The molecule has 3 aromatic rings. The minimum Gasteiger partial charge on any atom is -0.310 e. The average Bonchev–Trinajstić information content (AvgIpc) is 3.01. The van der Waals surface area contributed by atoms with E-state index in [4.69, 9.17) is 0 Å². The zero-order chi connectivity index (χ0) is 19.2. The van der Waals surface area contributed by atoms with Crippen molar-refractivity contribution in [2.75, 3.05) is 11.4 Å². The van der Waals surface area contributed by atoms with Crippen molar-refractivity contribution in [3.63, 3.8) is 0 Å². The summed E-state index contributed by atoms with van der Waals surface area (Å²) in [7, 11) is -3.79. The van der Waals surface area contributed by atoms with Gasteiger partial charge in [-0.25, -0.2) is 12.4 Å². The smallest absolute Gasteiger partial charge is 0.268 e. The van der Waals surface area contributed by atoms with Crippen molar-refractivity contribution in [1.29, 1.82) is 0 Å². The van der Waals surface area contributed by atoms with Crippen LogP contribution in [0.15, 0.2) is 58.0 Å². The van der Waals surface area contributed by atoms with Gasteiger partial charge < -0.3 is 4.90 Å². The first-order valence-corrected chi connectivity index (χ1v) is 11.0. The van der Waals surface area contributed by atoms with Crippen LogP contribution in [0, 0.1) is 6.92 Å². The summed E-state index contributed by atoms with van der Waals surface area (Å²) >= 11 is 3.48. The molecule has 140 valence electrons. The number of fused-ring (bicyclic) bond motifs is 1. The molecule has 1 aliphatic rings. The Morgan fingerprint density at radius 2 is 1.78 bits per heavy atom. The Morgan fingerprint density at radius 3 is 2.48 bits per heavy atom. The SMILES string of the molecule is Cc1ccc(S(=O)(=O)n2cc(Br)c3cccc(N4CCCCC4=O)c32)cc1.